The van der Waals surface area contributed by atoms with Crippen LogP contribution in [-0.2, 0) is 0 Å². The summed E-state index contributed by atoms with van der Waals surface area (Å²) in [6, 6.07) is 10.9. The Labute approximate surface area is 143 Å². The summed E-state index contributed by atoms with van der Waals surface area (Å²) in [5.74, 6) is -0.454. The molecule has 24 heavy (non-hydrogen) atoms. The molecule has 1 heterocycles. The molecule has 0 unspecified atom stereocenters. The van der Waals surface area contributed by atoms with Gasteiger partial charge in [0.05, 0.1) is 23.2 Å². The van der Waals surface area contributed by atoms with Gasteiger partial charge in [-0.3, -0.25) is 9.36 Å². The summed E-state index contributed by atoms with van der Waals surface area (Å²) in [6.45, 7) is 1.78. The van der Waals surface area contributed by atoms with Crippen molar-refractivity contribution < 1.29 is 9.13 Å². The molecule has 0 spiro atoms. The van der Waals surface area contributed by atoms with Crippen LogP contribution in [0.25, 0.3) is 16.5 Å². The molecule has 0 saturated carbocycles. The lowest BCUT2D eigenvalue weighted by molar-refractivity contribution is 0.386. The highest BCUT2D eigenvalue weighted by atomic mass is 35.5. The van der Waals surface area contributed by atoms with Crippen molar-refractivity contribution in [1.82, 2.24) is 4.57 Å². The second-order valence-electron chi connectivity index (χ2n) is 5.52. The number of aromatic nitrogens is 1. The normalized spacial score (nSPS) is 12.4. The van der Waals surface area contributed by atoms with E-state index in [-0.39, 0.29) is 11.3 Å². The number of halogens is 2. The molecular weight excluding hydrogens is 331 g/mol. The number of hydrogen-bond acceptors (Lipinski definition) is 3. The summed E-state index contributed by atoms with van der Waals surface area (Å²) in [7, 11) is 1.37. The molecule has 4 nitrogen and oxygen atoms in total. The number of nitrogens with two attached hydrogens (primary N) is 1. The second-order valence-corrected chi connectivity index (χ2v) is 5.93. The summed E-state index contributed by atoms with van der Waals surface area (Å²) in [5.41, 5.74) is 6.81. The quantitative estimate of drug-likeness (QED) is 0.784. The highest BCUT2D eigenvalue weighted by molar-refractivity contribution is 6.35. The monoisotopic (exact) mass is 346 g/mol. The van der Waals surface area contributed by atoms with Crippen LogP contribution in [0.3, 0.4) is 0 Å². The van der Waals surface area contributed by atoms with Crippen LogP contribution in [0.1, 0.15) is 18.7 Å². The van der Waals surface area contributed by atoms with E-state index in [2.05, 4.69) is 0 Å². The molecule has 124 valence electrons. The van der Waals surface area contributed by atoms with Crippen molar-refractivity contribution in [3.63, 3.8) is 0 Å². The van der Waals surface area contributed by atoms with E-state index in [1.807, 2.05) is 12.1 Å². The Kier molecular flexibility index (Phi) is 4.30. The van der Waals surface area contributed by atoms with Crippen molar-refractivity contribution in [1.29, 1.82) is 0 Å². The van der Waals surface area contributed by atoms with Gasteiger partial charge in [-0.15, -0.1) is 0 Å². The van der Waals surface area contributed by atoms with E-state index in [9.17, 15) is 9.18 Å². The third-order valence-corrected chi connectivity index (χ3v) is 4.20. The van der Waals surface area contributed by atoms with Gasteiger partial charge in [-0.05, 0) is 36.6 Å². The minimum atomic E-state index is -0.504. The molecule has 1 atom stereocenters. The maximum absolute atomic E-state index is 13.7. The average molecular weight is 347 g/mol. The Morgan fingerprint density at radius 2 is 2.00 bits per heavy atom. The van der Waals surface area contributed by atoms with Crippen LogP contribution < -0.4 is 16.0 Å². The van der Waals surface area contributed by atoms with Crippen LogP contribution in [0, 0.1) is 5.82 Å². The van der Waals surface area contributed by atoms with Gasteiger partial charge < -0.3 is 10.5 Å². The zero-order valence-corrected chi connectivity index (χ0v) is 14.0. The van der Waals surface area contributed by atoms with E-state index in [4.69, 9.17) is 22.1 Å². The van der Waals surface area contributed by atoms with Gasteiger partial charge in [0.2, 0.25) is 0 Å². The SMILES string of the molecule is COc1cc(-n2c([C@H](C)N)cc3cccc(Cl)c3c2=O)ccc1F. The first-order valence-electron chi connectivity index (χ1n) is 7.37. The van der Waals surface area contributed by atoms with Gasteiger partial charge in [0, 0.05) is 17.8 Å². The molecule has 3 aromatic rings. The van der Waals surface area contributed by atoms with E-state index in [0.717, 1.165) is 0 Å². The molecule has 0 radical (unpaired) electrons. The minimum absolute atomic E-state index is 0.0503. The molecule has 0 aliphatic rings. The standard InChI is InChI=1S/C18H16ClFN2O2/c1-10(21)15-8-11-4-3-5-13(19)17(11)18(23)22(15)12-6-7-14(20)16(9-12)24-2/h3-10H,21H2,1-2H3/t10-/m0/s1. The predicted molar refractivity (Wildman–Crippen MR) is 93.7 cm³/mol. The molecule has 1 aromatic heterocycles. The number of ether oxygens (including phenoxy) is 1. The first kappa shape index (κ1) is 16.5. The number of benzene rings is 2. The van der Waals surface area contributed by atoms with Gasteiger partial charge in [-0.1, -0.05) is 23.7 Å². The van der Waals surface area contributed by atoms with Gasteiger partial charge in [0.1, 0.15) is 0 Å². The van der Waals surface area contributed by atoms with Crippen molar-refractivity contribution in [2.24, 2.45) is 5.73 Å². The molecule has 0 aliphatic heterocycles. The molecule has 3 rings (SSSR count). The van der Waals surface area contributed by atoms with Crippen LogP contribution in [0.5, 0.6) is 5.75 Å². The fourth-order valence-electron chi connectivity index (χ4n) is 2.73. The third kappa shape index (κ3) is 2.66. The molecule has 0 aliphatic carbocycles. The van der Waals surface area contributed by atoms with E-state index in [1.165, 1.54) is 29.9 Å². The van der Waals surface area contributed by atoms with E-state index < -0.39 is 11.9 Å². The fourth-order valence-corrected chi connectivity index (χ4v) is 2.99. The van der Waals surface area contributed by atoms with Crippen molar-refractivity contribution in [3.05, 3.63) is 69.4 Å². The fraction of sp³-hybridized carbons (Fsp3) is 0.167. The molecule has 2 N–H and O–H groups in total. The van der Waals surface area contributed by atoms with E-state index in [1.54, 1.807) is 19.1 Å². The van der Waals surface area contributed by atoms with Gasteiger partial charge in [0.15, 0.2) is 11.6 Å². The summed E-state index contributed by atoms with van der Waals surface area (Å²) >= 11 is 6.21. The smallest absolute Gasteiger partial charge is 0.264 e. The topological polar surface area (TPSA) is 57.2 Å². The average Bonchev–Trinajstić information content (AvgIpc) is 2.55. The molecular formula is C18H16ClFN2O2. The van der Waals surface area contributed by atoms with Gasteiger partial charge in [0.25, 0.3) is 5.56 Å². The zero-order valence-electron chi connectivity index (χ0n) is 13.2. The van der Waals surface area contributed by atoms with Crippen LogP contribution in [-0.4, -0.2) is 11.7 Å². The first-order valence-corrected chi connectivity index (χ1v) is 7.75. The lowest BCUT2D eigenvalue weighted by Gasteiger charge is -2.18. The van der Waals surface area contributed by atoms with Crippen LogP contribution in [0.15, 0.2) is 47.3 Å². The number of fused-ring (bicyclic) bond motifs is 1. The number of hydrogen-bond donors (Lipinski definition) is 1. The Balaban J connectivity index is 2.42. The van der Waals surface area contributed by atoms with Crippen molar-refractivity contribution in [2.45, 2.75) is 13.0 Å². The lowest BCUT2D eigenvalue weighted by atomic mass is 10.1. The zero-order chi connectivity index (χ0) is 17.4. The number of nitrogens with zero attached hydrogens (tertiary/aromatic N) is 1. The van der Waals surface area contributed by atoms with Crippen LogP contribution in [0.4, 0.5) is 4.39 Å². The van der Waals surface area contributed by atoms with E-state index in [0.29, 0.717) is 27.2 Å². The number of pyridine rings is 1. The highest BCUT2D eigenvalue weighted by Crippen LogP contribution is 2.26. The summed E-state index contributed by atoms with van der Waals surface area (Å²) in [5, 5.41) is 1.47. The Morgan fingerprint density at radius 1 is 1.25 bits per heavy atom. The second kappa shape index (κ2) is 6.26. The summed E-state index contributed by atoms with van der Waals surface area (Å²) < 4.78 is 20.2. The van der Waals surface area contributed by atoms with Crippen molar-refractivity contribution in [2.75, 3.05) is 7.11 Å². The highest BCUT2D eigenvalue weighted by Gasteiger charge is 2.17. The summed E-state index contributed by atoms with van der Waals surface area (Å²) in [6.07, 6.45) is 0. The largest absolute Gasteiger partial charge is 0.494 e. The maximum atomic E-state index is 13.7. The molecule has 0 bridgehead atoms. The Hall–Kier alpha value is -2.37. The molecule has 2 aromatic carbocycles. The number of methoxy groups -OCH3 is 1. The molecule has 0 fully saturated rings. The molecule has 0 amide bonds. The maximum Gasteiger partial charge on any atom is 0.264 e. The van der Waals surface area contributed by atoms with Crippen molar-refractivity contribution in [3.8, 4) is 11.4 Å². The lowest BCUT2D eigenvalue weighted by Crippen LogP contribution is -2.26. The van der Waals surface area contributed by atoms with Gasteiger partial charge in [-0.2, -0.15) is 0 Å². The predicted octanol–water partition coefficient (Wildman–Crippen LogP) is 3.81. The van der Waals surface area contributed by atoms with Gasteiger partial charge >= 0.3 is 0 Å². The summed E-state index contributed by atoms with van der Waals surface area (Å²) in [4.78, 5) is 13.0. The number of rotatable bonds is 3. The minimum Gasteiger partial charge on any atom is -0.494 e. The van der Waals surface area contributed by atoms with Gasteiger partial charge in [-0.25, -0.2) is 4.39 Å². The van der Waals surface area contributed by atoms with Crippen LogP contribution in [0.2, 0.25) is 5.02 Å². The van der Waals surface area contributed by atoms with Crippen LogP contribution >= 0.6 is 11.6 Å². The first-order chi connectivity index (χ1) is 11.4. The third-order valence-electron chi connectivity index (χ3n) is 3.88. The Morgan fingerprint density at radius 3 is 2.67 bits per heavy atom. The molecule has 0 saturated heterocycles. The van der Waals surface area contributed by atoms with Crippen molar-refractivity contribution >= 4 is 22.4 Å². The molecule has 6 heteroatoms. The van der Waals surface area contributed by atoms with E-state index >= 15 is 0 Å². The Bertz CT molecular complexity index is 983.